The summed E-state index contributed by atoms with van der Waals surface area (Å²) in [5.74, 6) is 2.49. The molecular formula is C26H33ClN4O. The third-order valence-electron chi connectivity index (χ3n) is 8.11. The highest BCUT2D eigenvalue weighted by Crippen LogP contribution is 2.60. The Hall–Kier alpha value is -2.27. The number of carbonyl (C=O) groups excluding carboxylic acids is 1. The Bertz CT molecular complexity index is 964. The number of allylic oxidation sites excluding steroid dienone is 2. The SMILES string of the molecule is C=C1C(Cl)=C(NC23CC4CC(CC2C4)C3)C=NN1CC(=O)c1ccc(N(CC)CC)cc1. The maximum Gasteiger partial charge on any atom is 0.184 e. The predicted octanol–water partition coefficient (Wildman–Crippen LogP) is 5.15. The normalized spacial score (nSPS) is 30.4. The predicted molar refractivity (Wildman–Crippen MR) is 131 cm³/mol. The van der Waals surface area contributed by atoms with Gasteiger partial charge in [-0.25, -0.2) is 0 Å². The van der Waals surface area contributed by atoms with Crippen molar-refractivity contribution in [1.82, 2.24) is 10.3 Å². The maximum absolute atomic E-state index is 12.9. The fourth-order valence-corrected chi connectivity index (χ4v) is 6.88. The molecule has 0 aromatic heterocycles. The topological polar surface area (TPSA) is 47.9 Å². The molecule has 2 unspecified atom stereocenters. The number of rotatable bonds is 8. The summed E-state index contributed by atoms with van der Waals surface area (Å²) in [6.07, 6.45) is 8.36. The molecule has 4 bridgehead atoms. The van der Waals surface area contributed by atoms with E-state index >= 15 is 0 Å². The zero-order valence-corrected chi connectivity index (χ0v) is 19.9. The Morgan fingerprint density at radius 2 is 1.84 bits per heavy atom. The standard InChI is InChI=1S/C26H33ClN4O/c1-4-30(5-2)22-8-6-20(7-9-22)24(32)16-31-17(3)25(27)23(15-28-31)29-26-13-18-10-19(14-26)12-21(26)11-18/h6-9,15,18-19,21,29H,3-5,10-14,16H2,1-2H3. The first-order valence-corrected chi connectivity index (χ1v) is 12.4. The lowest BCUT2D eigenvalue weighted by molar-refractivity contribution is 0.0952. The maximum atomic E-state index is 12.9. The number of hydrazone groups is 1. The number of Topliss-reactive ketones (excluding diaryl/α,β-unsaturated/α-hetero) is 1. The van der Waals surface area contributed by atoms with E-state index in [2.05, 4.69) is 35.7 Å². The zero-order valence-electron chi connectivity index (χ0n) is 19.1. The third kappa shape index (κ3) is 3.64. The second-order valence-electron chi connectivity index (χ2n) is 9.94. The van der Waals surface area contributed by atoms with Crippen molar-refractivity contribution in [2.75, 3.05) is 24.5 Å². The quantitative estimate of drug-likeness (QED) is 0.554. The first-order valence-electron chi connectivity index (χ1n) is 12.0. The molecule has 4 aliphatic carbocycles. The van der Waals surface area contributed by atoms with Gasteiger partial charge in [0, 0.05) is 29.9 Å². The number of carbonyl (C=O) groups is 1. The number of benzene rings is 1. The lowest BCUT2D eigenvalue weighted by Gasteiger charge is -2.37. The molecule has 170 valence electrons. The summed E-state index contributed by atoms with van der Waals surface area (Å²) < 4.78 is 0. The zero-order chi connectivity index (χ0) is 22.5. The summed E-state index contributed by atoms with van der Waals surface area (Å²) in [5, 5.41) is 10.5. The largest absolute Gasteiger partial charge is 0.377 e. The van der Waals surface area contributed by atoms with Gasteiger partial charge in [-0.3, -0.25) is 9.80 Å². The Balaban J connectivity index is 1.24. The summed E-state index contributed by atoms with van der Waals surface area (Å²) in [4.78, 5) is 15.1. The number of hydrogen-bond acceptors (Lipinski definition) is 5. The lowest BCUT2D eigenvalue weighted by atomic mass is 9.80. The highest BCUT2D eigenvalue weighted by Gasteiger charge is 2.58. The molecule has 4 fully saturated rings. The van der Waals surface area contributed by atoms with Gasteiger partial charge in [0.25, 0.3) is 0 Å². The van der Waals surface area contributed by atoms with Crippen LogP contribution in [0.15, 0.2) is 52.4 Å². The molecule has 1 aromatic rings. The summed E-state index contributed by atoms with van der Waals surface area (Å²) in [6.45, 7) is 10.4. The van der Waals surface area contributed by atoms with E-state index in [1.54, 1.807) is 11.2 Å². The molecular weight excluding hydrogens is 420 g/mol. The minimum atomic E-state index is 0.000559. The minimum absolute atomic E-state index is 0.000559. The van der Waals surface area contributed by atoms with Crippen molar-refractivity contribution in [3.05, 3.63) is 52.8 Å². The number of anilines is 1. The van der Waals surface area contributed by atoms with Crippen molar-refractivity contribution in [2.24, 2.45) is 22.9 Å². The van der Waals surface area contributed by atoms with Gasteiger partial charge in [-0.15, -0.1) is 0 Å². The Kier molecular flexibility index (Phi) is 5.56. The van der Waals surface area contributed by atoms with E-state index in [1.165, 1.54) is 32.1 Å². The molecule has 0 saturated heterocycles. The van der Waals surface area contributed by atoms with E-state index in [1.807, 2.05) is 24.3 Å². The van der Waals surface area contributed by atoms with Crippen molar-refractivity contribution in [3.63, 3.8) is 0 Å². The van der Waals surface area contributed by atoms with Gasteiger partial charge in [0.2, 0.25) is 0 Å². The second kappa shape index (κ2) is 8.26. The van der Waals surface area contributed by atoms with Gasteiger partial charge in [0.15, 0.2) is 5.78 Å². The number of halogens is 1. The smallest absolute Gasteiger partial charge is 0.184 e. The average molecular weight is 453 g/mol. The van der Waals surface area contributed by atoms with Crippen LogP contribution in [0.3, 0.4) is 0 Å². The van der Waals surface area contributed by atoms with Gasteiger partial charge in [-0.05, 0) is 88.0 Å². The van der Waals surface area contributed by atoms with E-state index in [0.717, 1.165) is 42.2 Å². The number of nitrogens with zero attached hydrogens (tertiary/aromatic N) is 3. The highest BCUT2D eigenvalue weighted by molar-refractivity contribution is 6.33. The van der Waals surface area contributed by atoms with Crippen LogP contribution in [0.1, 0.15) is 56.3 Å². The molecule has 2 atom stereocenters. The van der Waals surface area contributed by atoms with Crippen LogP contribution < -0.4 is 10.2 Å². The van der Waals surface area contributed by atoms with Crippen LogP contribution in [-0.4, -0.2) is 42.2 Å². The molecule has 1 aromatic carbocycles. The Morgan fingerprint density at radius 1 is 1.19 bits per heavy atom. The summed E-state index contributed by atoms with van der Waals surface area (Å²) in [7, 11) is 0. The minimum Gasteiger partial charge on any atom is -0.377 e. The van der Waals surface area contributed by atoms with Gasteiger partial charge in [0.05, 0.1) is 22.6 Å². The third-order valence-corrected chi connectivity index (χ3v) is 8.53. The monoisotopic (exact) mass is 452 g/mol. The van der Waals surface area contributed by atoms with Crippen molar-refractivity contribution < 1.29 is 4.79 Å². The second-order valence-corrected chi connectivity index (χ2v) is 10.3. The molecule has 1 aliphatic heterocycles. The van der Waals surface area contributed by atoms with E-state index in [9.17, 15) is 4.79 Å². The van der Waals surface area contributed by atoms with Crippen LogP contribution in [0.25, 0.3) is 0 Å². The fourth-order valence-electron chi connectivity index (χ4n) is 6.69. The van der Waals surface area contributed by atoms with E-state index < -0.39 is 0 Å². The van der Waals surface area contributed by atoms with Gasteiger partial charge in [0.1, 0.15) is 6.54 Å². The van der Waals surface area contributed by atoms with Crippen LogP contribution in [0.4, 0.5) is 5.69 Å². The molecule has 1 N–H and O–H groups in total. The summed E-state index contributed by atoms with van der Waals surface area (Å²) >= 11 is 6.73. The molecule has 0 spiro atoms. The van der Waals surface area contributed by atoms with Gasteiger partial charge < -0.3 is 10.2 Å². The first-order chi connectivity index (χ1) is 15.4. The van der Waals surface area contributed by atoms with Gasteiger partial charge in [-0.2, -0.15) is 5.10 Å². The number of nitrogens with one attached hydrogen (secondary N) is 1. The van der Waals surface area contributed by atoms with Crippen LogP contribution in [0.2, 0.25) is 0 Å². The Labute approximate surface area is 196 Å². The van der Waals surface area contributed by atoms with Crippen molar-refractivity contribution in [2.45, 2.75) is 51.5 Å². The summed E-state index contributed by atoms with van der Waals surface area (Å²) in [5.41, 5.74) is 3.42. The van der Waals surface area contributed by atoms with E-state index in [0.29, 0.717) is 16.3 Å². The van der Waals surface area contributed by atoms with Crippen molar-refractivity contribution >= 4 is 29.3 Å². The average Bonchev–Trinajstić information content (AvgIpc) is 3.17. The van der Waals surface area contributed by atoms with Crippen LogP contribution in [0.5, 0.6) is 0 Å². The molecule has 6 rings (SSSR count). The Morgan fingerprint density at radius 3 is 2.47 bits per heavy atom. The summed E-state index contributed by atoms with van der Waals surface area (Å²) in [6, 6.07) is 7.79. The highest BCUT2D eigenvalue weighted by atomic mass is 35.5. The van der Waals surface area contributed by atoms with Crippen molar-refractivity contribution in [3.8, 4) is 0 Å². The first kappa shape index (κ1) is 21.6. The van der Waals surface area contributed by atoms with Crippen LogP contribution in [-0.2, 0) is 0 Å². The molecule has 32 heavy (non-hydrogen) atoms. The van der Waals surface area contributed by atoms with Crippen LogP contribution >= 0.6 is 11.6 Å². The lowest BCUT2D eigenvalue weighted by Crippen LogP contribution is -2.47. The molecule has 0 radical (unpaired) electrons. The van der Waals surface area contributed by atoms with Crippen LogP contribution in [0, 0.1) is 17.8 Å². The molecule has 0 amide bonds. The number of ketones is 1. The molecule has 6 heteroatoms. The van der Waals surface area contributed by atoms with Gasteiger partial charge in [-0.1, -0.05) is 18.2 Å². The van der Waals surface area contributed by atoms with Gasteiger partial charge >= 0.3 is 0 Å². The van der Waals surface area contributed by atoms with E-state index in [-0.39, 0.29) is 17.9 Å². The van der Waals surface area contributed by atoms with E-state index in [4.69, 9.17) is 11.6 Å². The molecule has 1 heterocycles. The fraction of sp³-hybridized carbons (Fsp3) is 0.538. The molecule has 5 aliphatic rings. The molecule has 5 nitrogen and oxygen atoms in total. The van der Waals surface area contributed by atoms with Crippen molar-refractivity contribution in [1.29, 1.82) is 0 Å². The molecule has 4 saturated carbocycles. The number of hydrogen-bond donors (Lipinski definition) is 1.